The standard InChI is InChI=1S/C14H19NOS2/c1-3-14(2,16)10-15-8-12-7-11(9-18-12)13-5-4-6-17-13/h4-7,9,15-16H,3,8,10H2,1-2H3. The molecule has 0 amide bonds. The summed E-state index contributed by atoms with van der Waals surface area (Å²) < 4.78 is 0. The van der Waals surface area contributed by atoms with E-state index >= 15 is 0 Å². The van der Waals surface area contributed by atoms with E-state index in [9.17, 15) is 5.11 Å². The van der Waals surface area contributed by atoms with Crippen molar-refractivity contribution in [3.05, 3.63) is 33.8 Å². The molecule has 0 bridgehead atoms. The van der Waals surface area contributed by atoms with E-state index in [1.165, 1.54) is 15.3 Å². The van der Waals surface area contributed by atoms with Crippen LogP contribution in [0.5, 0.6) is 0 Å². The molecule has 2 aromatic heterocycles. The van der Waals surface area contributed by atoms with Crippen molar-refractivity contribution >= 4 is 22.7 Å². The normalized spacial score (nSPS) is 14.6. The van der Waals surface area contributed by atoms with Crippen molar-refractivity contribution in [3.63, 3.8) is 0 Å². The topological polar surface area (TPSA) is 32.3 Å². The van der Waals surface area contributed by atoms with Crippen molar-refractivity contribution in [2.75, 3.05) is 6.54 Å². The summed E-state index contributed by atoms with van der Waals surface area (Å²) in [5.41, 5.74) is 0.697. The van der Waals surface area contributed by atoms with Gasteiger partial charge in [-0.3, -0.25) is 0 Å². The first kappa shape index (κ1) is 13.7. The van der Waals surface area contributed by atoms with Gasteiger partial charge in [-0.25, -0.2) is 0 Å². The number of rotatable bonds is 6. The third kappa shape index (κ3) is 3.65. The van der Waals surface area contributed by atoms with E-state index in [0.717, 1.165) is 13.0 Å². The summed E-state index contributed by atoms with van der Waals surface area (Å²) in [6, 6.07) is 6.45. The Labute approximate surface area is 116 Å². The minimum atomic E-state index is -0.603. The lowest BCUT2D eigenvalue weighted by molar-refractivity contribution is 0.0556. The smallest absolute Gasteiger partial charge is 0.0741 e. The highest BCUT2D eigenvalue weighted by molar-refractivity contribution is 7.14. The van der Waals surface area contributed by atoms with E-state index in [2.05, 4.69) is 34.3 Å². The van der Waals surface area contributed by atoms with Gasteiger partial charge >= 0.3 is 0 Å². The van der Waals surface area contributed by atoms with Gasteiger partial charge in [0.05, 0.1) is 5.60 Å². The average molecular weight is 281 g/mol. The molecule has 2 nitrogen and oxygen atoms in total. The maximum absolute atomic E-state index is 9.90. The molecule has 2 N–H and O–H groups in total. The molecule has 1 unspecified atom stereocenters. The van der Waals surface area contributed by atoms with E-state index < -0.39 is 5.60 Å². The zero-order chi connectivity index (χ0) is 13.0. The minimum absolute atomic E-state index is 0.603. The number of thiophene rings is 2. The SMILES string of the molecule is CCC(C)(O)CNCc1cc(-c2cccs2)cs1. The van der Waals surface area contributed by atoms with Crippen LogP contribution in [-0.2, 0) is 6.54 Å². The van der Waals surface area contributed by atoms with Crippen molar-refractivity contribution < 1.29 is 5.11 Å². The predicted octanol–water partition coefficient (Wildman–Crippen LogP) is 3.73. The third-order valence-corrected chi connectivity index (χ3v) is 4.88. The van der Waals surface area contributed by atoms with Crippen LogP contribution in [0.25, 0.3) is 10.4 Å². The minimum Gasteiger partial charge on any atom is -0.389 e. The average Bonchev–Trinajstić information content (AvgIpc) is 2.98. The molecule has 2 heterocycles. The monoisotopic (exact) mass is 281 g/mol. The lowest BCUT2D eigenvalue weighted by atomic mass is 10.0. The molecule has 98 valence electrons. The van der Waals surface area contributed by atoms with Gasteiger partial charge in [0.25, 0.3) is 0 Å². The van der Waals surface area contributed by atoms with Gasteiger partial charge in [0.1, 0.15) is 0 Å². The Kier molecular flexibility index (Phi) is 4.56. The van der Waals surface area contributed by atoms with Gasteiger partial charge in [-0.05, 0) is 36.2 Å². The van der Waals surface area contributed by atoms with Crippen molar-refractivity contribution in [1.29, 1.82) is 0 Å². The Morgan fingerprint density at radius 2 is 2.22 bits per heavy atom. The number of nitrogens with one attached hydrogen (secondary N) is 1. The summed E-state index contributed by atoms with van der Waals surface area (Å²) in [6.07, 6.45) is 0.769. The second-order valence-corrected chi connectivity index (χ2v) is 6.68. The summed E-state index contributed by atoms with van der Waals surface area (Å²) in [7, 11) is 0. The van der Waals surface area contributed by atoms with Crippen LogP contribution in [0, 0.1) is 0 Å². The van der Waals surface area contributed by atoms with Crippen LogP contribution in [0.3, 0.4) is 0 Å². The molecular weight excluding hydrogens is 262 g/mol. The Hall–Kier alpha value is -0.680. The van der Waals surface area contributed by atoms with Gasteiger partial charge in [0.2, 0.25) is 0 Å². The highest BCUT2D eigenvalue weighted by atomic mass is 32.1. The molecule has 1 atom stereocenters. The molecule has 0 aromatic carbocycles. The van der Waals surface area contributed by atoms with E-state index in [1.807, 2.05) is 13.8 Å². The molecule has 18 heavy (non-hydrogen) atoms. The summed E-state index contributed by atoms with van der Waals surface area (Å²) in [5.74, 6) is 0. The van der Waals surface area contributed by atoms with E-state index in [1.54, 1.807) is 22.7 Å². The van der Waals surface area contributed by atoms with E-state index in [0.29, 0.717) is 6.54 Å². The molecule has 0 fully saturated rings. The summed E-state index contributed by atoms with van der Waals surface area (Å²) in [5, 5.41) is 17.5. The predicted molar refractivity (Wildman–Crippen MR) is 80.3 cm³/mol. The Bertz CT molecular complexity index is 474. The molecule has 2 rings (SSSR count). The lowest BCUT2D eigenvalue weighted by Gasteiger charge is -2.21. The van der Waals surface area contributed by atoms with Crippen LogP contribution in [0.2, 0.25) is 0 Å². The van der Waals surface area contributed by atoms with Crippen molar-refractivity contribution in [2.24, 2.45) is 0 Å². The van der Waals surface area contributed by atoms with Crippen LogP contribution >= 0.6 is 22.7 Å². The van der Waals surface area contributed by atoms with Crippen LogP contribution < -0.4 is 5.32 Å². The fourth-order valence-corrected chi connectivity index (χ4v) is 3.27. The maximum atomic E-state index is 9.90. The van der Waals surface area contributed by atoms with Crippen molar-refractivity contribution in [3.8, 4) is 10.4 Å². The Morgan fingerprint density at radius 3 is 2.89 bits per heavy atom. The van der Waals surface area contributed by atoms with Crippen LogP contribution in [0.4, 0.5) is 0 Å². The van der Waals surface area contributed by atoms with Crippen LogP contribution in [-0.4, -0.2) is 17.3 Å². The largest absolute Gasteiger partial charge is 0.389 e. The van der Waals surface area contributed by atoms with Crippen molar-refractivity contribution in [1.82, 2.24) is 5.32 Å². The van der Waals surface area contributed by atoms with Gasteiger partial charge < -0.3 is 10.4 Å². The van der Waals surface area contributed by atoms with Crippen LogP contribution in [0.1, 0.15) is 25.1 Å². The molecule has 0 aliphatic rings. The van der Waals surface area contributed by atoms with E-state index in [4.69, 9.17) is 0 Å². The molecule has 0 saturated heterocycles. The van der Waals surface area contributed by atoms with Gasteiger partial charge in [-0.15, -0.1) is 22.7 Å². The molecule has 0 saturated carbocycles. The number of hydrogen-bond donors (Lipinski definition) is 2. The Balaban J connectivity index is 1.88. The second-order valence-electron chi connectivity index (χ2n) is 4.73. The zero-order valence-electron chi connectivity index (χ0n) is 10.8. The fraction of sp³-hybridized carbons (Fsp3) is 0.429. The van der Waals surface area contributed by atoms with Gasteiger partial charge in [-0.2, -0.15) is 0 Å². The highest BCUT2D eigenvalue weighted by Crippen LogP contribution is 2.29. The first-order chi connectivity index (χ1) is 8.61. The van der Waals surface area contributed by atoms with Crippen LogP contribution in [0.15, 0.2) is 29.0 Å². The fourth-order valence-electron chi connectivity index (χ4n) is 1.63. The lowest BCUT2D eigenvalue weighted by Crippen LogP contribution is -2.36. The third-order valence-electron chi connectivity index (χ3n) is 3.03. The van der Waals surface area contributed by atoms with Gasteiger partial charge in [0.15, 0.2) is 0 Å². The summed E-state index contributed by atoms with van der Waals surface area (Å²) >= 11 is 3.54. The molecule has 0 aliphatic carbocycles. The summed E-state index contributed by atoms with van der Waals surface area (Å²) in [6.45, 7) is 5.33. The molecule has 0 aliphatic heterocycles. The second kappa shape index (κ2) is 5.97. The molecule has 2 aromatic rings. The van der Waals surface area contributed by atoms with Crippen molar-refractivity contribution in [2.45, 2.75) is 32.4 Å². The zero-order valence-corrected chi connectivity index (χ0v) is 12.4. The molecule has 0 spiro atoms. The van der Waals surface area contributed by atoms with Gasteiger partial charge in [0, 0.05) is 28.4 Å². The van der Waals surface area contributed by atoms with Gasteiger partial charge in [-0.1, -0.05) is 13.0 Å². The number of hydrogen-bond acceptors (Lipinski definition) is 4. The summed E-state index contributed by atoms with van der Waals surface area (Å²) in [4.78, 5) is 2.63. The first-order valence-corrected chi connectivity index (χ1v) is 7.91. The molecular formula is C14H19NOS2. The molecule has 0 radical (unpaired) electrons. The van der Waals surface area contributed by atoms with E-state index in [-0.39, 0.29) is 0 Å². The first-order valence-electron chi connectivity index (χ1n) is 6.15. The number of aliphatic hydroxyl groups is 1. The maximum Gasteiger partial charge on any atom is 0.0741 e. The Morgan fingerprint density at radius 1 is 1.39 bits per heavy atom. The quantitative estimate of drug-likeness (QED) is 0.845. The molecule has 4 heteroatoms. The highest BCUT2D eigenvalue weighted by Gasteiger charge is 2.16.